The molecule has 9 rings (SSSR count). The standard InChI is InChI=1S/C69H87N/c1-8-14-25-49(11-4)57-46-64(50(12-5)23-9-2)68(65(47-57)51(13-6)24-10-3)56-36-42-60(43-37-56)70(59-40-34-55(35-41-59)53-28-19-16-20-29-53)61-44-45-63-62-30-21-22-31-66(62)69(7,67(63)48-61)58-38-32-54(33-39-58)52-26-17-15-18-27-52/h21-22,30-53H,8-20,23-29H2,1-7H3. The quantitative estimate of drug-likeness (QED) is 0.0737. The van der Waals surface area contributed by atoms with Crippen LogP contribution in [0, 0.1) is 0 Å². The van der Waals surface area contributed by atoms with Gasteiger partial charge in [-0.1, -0.05) is 197 Å². The first-order chi connectivity index (χ1) is 34.3. The van der Waals surface area contributed by atoms with Crippen molar-refractivity contribution in [1.29, 1.82) is 0 Å². The average molecular weight is 930 g/mol. The van der Waals surface area contributed by atoms with Crippen LogP contribution < -0.4 is 4.90 Å². The molecule has 6 aromatic carbocycles. The number of benzene rings is 6. The van der Waals surface area contributed by atoms with Crippen LogP contribution in [0.3, 0.4) is 0 Å². The summed E-state index contributed by atoms with van der Waals surface area (Å²) < 4.78 is 0. The lowest BCUT2D eigenvalue weighted by atomic mass is 9.73. The molecule has 6 aromatic rings. The van der Waals surface area contributed by atoms with E-state index < -0.39 is 0 Å². The summed E-state index contributed by atoms with van der Waals surface area (Å²) in [5, 5.41) is 0. The topological polar surface area (TPSA) is 3.24 Å². The maximum atomic E-state index is 2.70. The molecule has 0 radical (unpaired) electrons. The molecule has 2 saturated carbocycles. The number of hydrogen-bond donors (Lipinski definition) is 0. The molecule has 1 heteroatoms. The zero-order valence-corrected chi connectivity index (χ0v) is 44.6. The molecule has 2 fully saturated rings. The summed E-state index contributed by atoms with van der Waals surface area (Å²) in [6.45, 7) is 16.9. The summed E-state index contributed by atoms with van der Waals surface area (Å²) in [7, 11) is 0. The summed E-state index contributed by atoms with van der Waals surface area (Å²) in [5.41, 5.74) is 21.1. The number of nitrogens with zero attached hydrogens (tertiary/aromatic N) is 1. The van der Waals surface area contributed by atoms with E-state index in [0.717, 1.165) is 0 Å². The summed E-state index contributed by atoms with van der Waals surface area (Å²) in [5.74, 6) is 3.09. The number of rotatable bonds is 20. The Kier molecular flexibility index (Phi) is 16.5. The fourth-order valence-corrected chi connectivity index (χ4v) is 13.8. The van der Waals surface area contributed by atoms with Gasteiger partial charge in [-0.25, -0.2) is 0 Å². The van der Waals surface area contributed by atoms with E-state index in [2.05, 4.69) is 181 Å². The smallest absolute Gasteiger partial charge is 0.0465 e. The summed E-state index contributed by atoms with van der Waals surface area (Å²) in [6.07, 6.45) is 25.8. The third-order valence-electron chi connectivity index (χ3n) is 18.0. The average Bonchev–Trinajstić information content (AvgIpc) is 3.68. The fourth-order valence-electron chi connectivity index (χ4n) is 13.8. The second kappa shape index (κ2) is 23.1. The molecule has 3 aliphatic rings. The minimum Gasteiger partial charge on any atom is -0.310 e. The minimum atomic E-state index is -0.275. The fraction of sp³-hybridized carbons (Fsp3) is 0.478. The highest BCUT2D eigenvalue weighted by atomic mass is 15.1. The molecule has 368 valence electrons. The molecule has 0 aromatic heterocycles. The molecule has 1 nitrogen and oxygen atoms in total. The Balaban J connectivity index is 1.18. The lowest BCUT2D eigenvalue weighted by Crippen LogP contribution is -2.23. The van der Waals surface area contributed by atoms with Gasteiger partial charge in [0, 0.05) is 22.5 Å². The van der Waals surface area contributed by atoms with Gasteiger partial charge in [0.15, 0.2) is 0 Å². The molecule has 0 N–H and O–H groups in total. The molecule has 0 saturated heterocycles. The lowest BCUT2D eigenvalue weighted by molar-refractivity contribution is 0.443. The van der Waals surface area contributed by atoms with Crippen molar-refractivity contribution in [3.63, 3.8) is 0 Å². The van der Waals surface area contributed by atoms with Crippen LogP contribution in [0.4, 0.5) is 17.1 Å². The van der Waals surface area contributed by atoms with Gasteiger partial charge < -0.3 is 4.90 Å². The summed E-state index contributed by atoms with van der Waals surface area (Å²) in [4.78, 5) is 2.56. The first kappa shape index (κ1) is 50.1. The van der Waals surface area contributed by atoms with Gasteiger partial charge in [-0.3, -0.25) is 0 Å². The lowest BCUT2D eigenvalue weighted by Gasteiger charge is -2.32. The maximum Gasteiger partial charge on any atom is 0.0465 e. The highest BCUT2D eigenvalue weighted by Gasteiger charge is 2.41. The molecule has 0 spiro atoms. The zero-order chi connectivity index (χ0) is 48.6. The molecule has 0 heterocycles. The van der Waals surface area contributed by atoms with Gasteiger partial charge in [0.05, 0.1) is 0 Å². The van der Waals surface area contributed by atoms with Crippen molar-refractivity contribution in [2.75, 3.05) is 4.90 Å². The van der Waals surface area contributed by atoms with E-state index in [1.807, 2.05) is 0 Å². The largest absolute Gasteiger partial charge is 0.310 e. The first-order valence-electron chi connectivity index (χ1n) is 28.9. The van der Waals surface area contributed by atoms with Crippen LogP contribution in [0.1, 0.15) is 251 Å². The van der Waals surface area contributed by atoms with E-state index in [1.54, 1.807) is 16.7 Å². The predicted octanol–water partition coefficient (Wildman–Crippen LogP) is 21.5. The van der Waals surface area contributed by atoms with Crippen LogP contribution in [0.2, 0.25) is 0 Å². The van der Waals surface area contributed by atoms with Crippen LogP contribution in [-0.2, 0) is 5.41 Å². The van der Waals surface area contributed by atoms with Crippen LogP contribution in [0.15, 0.2) is 127 Å². The Hall–Kier alpha value is -4.88. The molecule has 3 aliphatic carbocycles. The molecular formula is C69H87N. The number of fused-ring (bicyclic) bond motifs is 3. The van der Waals surface area contributed by atoms with Crippen LogP contribution in [0.5, 0.6) is 0 Å². The maximum absolute atomic E-state index is 2.70. The van der Waals surface area contributed by atoms with Gasteiger partial charge in [-0.05, 0) is 204 Å². The van der Waals surface area contributed by atoms with Gasteiger partial charge in [0.25, 0.3) is 0 Å². The van der Waals surface area contributed by atoms with E-state index in [9.17, 15) is 0 Å². The Morgan fingerprint density at radius 3 is 1.50 bits per heavy atom. The predicted molar refractivity (Wildman–Crippen MR) is 304 cm³/mol. The molecule has 0 aliphatic heterocycles. The van der Waals surface area contributed by atoms with E-state index in [-0.39, 0.29) is 5.41 Å². The number of anilines is 3. The van der Waals surface area contributed by atoms with E-state index in [1.165, 1.54) is 196 Å². The summed E-state index contributed by atoms with van der Waals surface area (Å²) in [6, 6.07) is 51.5. The van der Waals surface area contributed by atoms with Crippen molar-refractivity contribution < 1.29 is 0 Å². The Labute approximate surface area is 426 Å². The Morgan fingerprint density at radius 1 is 0.471 bits per heavy atom. The van der Waals surface area contributed by atoms with Crippen molar-refractivity contribution in [3.05, 3.63) is 172 Å². The highest BCUT2D eigenvalue weighted by molar-refractivity contribution is 5.88. The van der Waals surface area contributed by atoms with Crippen molar-refractivity contribution in [2.45, 2.75) is 212 Å². The zero-order valence-electron chi connectivity index (χ0n) is 44.6. The van der Waals surface area contributed by atoms with E-state index in [0.29, 0.717) is 29.6 Å². The molecule has 70 heavy (non-hydrogen) atoms. The highest BCUT2D eigenvalue weighted by Crippen LogP contribution is 2.54. The normalized spacial score (nSPS) is 18.6. The van der Waals surface area contributed by atoms with Gasteiger partial charge in [-0.2, -0.15) is 0 Å². The van der Waals surface area contributed by atoms with Crippen molar-refractivity contribution >= 4 is 17.1 Å². The number of unbranched alkanes of at least 4 members (excludes halogenated alkanes) is 1. The van der Waals surface area contributed by atoms with Crippen LogP contribution in [-0.4, -0.2) is 0 Å². The monoisotopic (exact) mass is 930 g/mol. The summed E-state index contributed by atoms with van der Waals surface area (Å²) >= 11 is 0. The second-order valence-corrected chi connectivity index (χ2v) is 22.3. The van der Waals surface area contributed by atoms with Gasteiger partial charge in [0.1, 0.15) is 0 Å². The Morgan fingerprint density at radius 2 is 0.971 bits per heavy atom. The first-order valence-corrected chi connectivity index (χ1v) is 28.9. The van der Waals surface area contributed by atoms with E-state index in [4.69, 9.17) is 0 Å². The van der Waals surface area contributed by atoms with Crippen molar-refractivity contribution in [1.82, 2.24) is 0 Å². The van der Waals surface area contributed by atoms with Crippen LogP contribution in [0.25, 0.3) is 22.3 Å². The Bertz CT molecular complexity index is 2570. The van der Waals surface area contributed by atoms with E-state index >= 15 is 0 Å². The van der Waals surface area contributed by atoms with Gasteiger partial charge >= 0.3 is 0 Å². The van der Waals surface area contributed by atoms with Gasteiger partial charge in [-0.15, -0.1) is 0 Å². The van der Waals surface area contributed by atoms with Crippen LogP contribution >= 0.6 is 0 Å². The molecule has 0 bridgehead atoms. The SMILES string of the molecule is CCCCC(CC)c1cc(C(CC)CCC)c(-c2ccc(N(c3ccc(C4CCCCC4)cc3)c3ccc4c(c3)C(C)(c3ccc(C5CCCCC5)cc3)c3ccccc3-4)cc2)c(C(CC)CCC)c1. The van der Waals surface area contributed by atoms with Crippen molar-refractivity contribution in [2.24, 2.45) is 0 Å². The molecule has 0 amide bonds. The van der Waals surface area contributed by atoms with Gasteiger partial charge in [0.2, 0.25) is 0 Å². The molecule has 4 atom stereocenters. The minimum absolute atomic E-state index is 0.275. The second-order valence-electron chi connectivity index (χ2n) is 22.3. The third kappa shape index (κ3) is 10.1. The number of hydrogen-bond acceptors (Lipinski definition) is 1. The molecule has 4 unspecified atom stereocenters. The van der Waals surface area contributed by atoms with Crippen molar-refractivity contribution in [3.8, 4) is 22.3 Å². The third-order valence-corrected chi connectivity index (χ3v) is 18.0. The molecular weight excluding hydrogens is 843 g/mol.